The summed E-state index contributed by atoms with van der Waals surface area (Å²) in [6, 6.07) is 7.98. The van der Waals surface area contributed by atoms with E-state index in [-0.39, 0.29) is 86.6 Å². The summed E-state index contributed by atoms with van der Waals surface area (Å²) in [4.78, 5) is 110. The highest BCUT2D eigenvalue weighted by Crippen LogP contribution is 2.38. The van der Waals surface area contributed by atoms with Gasteiger partial charge < -0.3 is 20.7 Å². The van der Waals surface area contributed by atoms with Crippen LogP contribution in [0.2, 0.25) is 0 Å². The van der Waals surface area contributed by atoms with Crippen molar-refractivity contribution >= 4 is 46.6 Å². The van der Waals surface area contributed by atoms with Gasteiger partial charge >= 0.3 is 0 Å². The normalized spacial score (nSPS) is 20.3. The van der Waals surface area contributed by atoms with E-state index in [4.69, 9.17) is 10.5 Å². The summed E-state index contributed by atoms with van der Waals surface area (Å²) in [6.45, 7) is 6.33. The Bertz CT molecular complexity index is 1650. The van der Waals surface area contributed by atoms with Gasteiger partial charge in [-0.15, -0.1) is 0 Å². The minimum absolute atomic E-state index is 0.0161. The fraction of sp³-hybridized carbons (Fsp3) is 0.720. The van der Waals surface area contributed by atoms with Crippen molar-refractivity contribution in [3.05, 3.63) is 35.9 Å². The third-order valence-electron chi connectivity index (χ3n) is 13.6. The minimum atomic E-state index is -0.921. The molecule has 12 nitrogen and oxygen atoms in total. The van der Waals surface area contributed by atoms with Gasteiger partial charge in [0.25, 0.3) is 0 Å². The van der Waals surface area contributed by atoms with Crippen LogP contribution in [-0.4, -0.2) is 76.3 Å². The number of rotatable bonds is 29. The number of hydrogen-bond acceptors (Lipinski definition) is 9. The van der Waals surface area contributed by atoms with Gasteiger partial charge in [-0.25, -0.2) is 0 Å². The van der Waals surface area contributed by atoms with Gasteiger partial charge in [-0.2, -0.15) is 0 Å². The van der Waals surface area contributed by atoms with Crippen molar-refractivity contribution in [2.75, 3.05) is 6.54 Å². The van der Waals surface area contributed by atoms with Crippen molar-refractivity contribution in [3.8, 4) is 0 Å². The number of nitrogens with two attached hydrogens (primary N) is 1. The van der Waals surface area contributed by atoms with Gasteiger partial charge in [0.2, 0.25) is 23.5 Å². The van der Waals surface area contributed by atoms with Crippen LogP contribution in [0.15, 0.2) is 30.3 Å². The molecule has 0 bridgehead atoms. The zero-order chi connectivity index (χ0) is 45.0. The number of hydrogen-bond donors (Lipinski definition) is 2. The van der Waals surface area contributed by atoms with Crippen LogP contribution in [0.1, 0.15) is 174 Å². The Labute approximate surface area is 370 Å². The SMILES string of the molecule is CCCCC(CC(=O)C(CCCC)NC(=O)CCC(=O)C(=O)C(CCC)CC(=O)[C@@H]1C[C@@H](OCc2ccccc2)CN1C(=O)C(CC(=O)C1CCCC1)C1CCCCC1)C(N)=O. The Morgan fingerprint density at radius 2 is 1.40 bits per heavy atom. The number of carbonyl (C=O) groups excluding carboxylic acids is 8. The first-order chi connectivity index (χ1) is 29.9. The Morgan fingerprint density at radius 3 is 2.05 bits per heavy atom. The summed E-state index contributed by atoms with van der Waals surface area (Å²) in [7, 11) is 0. The van der Waals surface area contributed by atoms with Crippen LogP contribution in [0.3, 0.4) is 0 Å². The molecule has 4 unspecified atom stereocenters. The summed E-state index contributed by atoms with van der Waals surface area (Å²) in [5.41, 5.74) is 6.54. The molecule has 1 aromatic carbocycles. The first-order valence-corrected chi connectivity index (χ1v) is 24.1. The molecule has 344 valence electrons. The van der Waals surface area contributed by atoms with E-state index >= 15 is 0 Å². The second-order valence-electron chi connectivity index (χ2n) is 18.4. The van der Waals surface area contributed by atoms with Crippen LogP contribution in [0, 0.1) is 29.6 Å². The molecule has 2 aliphatic carbocycles. The molecule has 4 rings (SSSR count). The second-order valence-corrected chi connectivity index (χ2v) is 18.4. The average molecular weight is 862 g/mol. The molecule has 1 aromatic rings. The summed E-state index contributed by atoms with van der Waals surface area (Å²) in [6.07, 6.45) is 12.3. The Kier molecular flexibility index (Phi) is 21.7. The number of nitrogens with zero attached hydrogens (tertiary/aromatic N) is 1. The molecule has 1 saturated heterocycles. The molecule has 3 N–H and O–H groups in total. The lowest BCUT2D eigenvalue weighted by molar-refractivity contribution is -0.146. The number of Topliss-reactive ketones (excluding diaryl/α,β-unsaturated/α-hetero) is 5. The Balaban J connectivity index is 1.45. The average Bonchev–Trinajstić information content (AvgIpc) is 3.98. The number of primary amides is 1. The first-order valence-electron chi connectivity index (χ1n) is 24.1. The number of likely N-dealkylation sites (tertiary alicyclic amines) is 1. The van der Waals surface area contributed by atoms with Crippen LogP contribution in [0.25, 0.3) is 0 Å². The molecule has 3 aliphatic rings. The van der Waals surface area contributed by atoms with Gasteiger partial charge in [-0.05, 0) is 56.4 Å². The lowest BCUT2D eigenvalue weighted by Crippen LogP contribution is -2.47. The molecule has 0 spiro atoms. The smallest absolute Gasteiger partial charge is 0.227 e. The molecule has 3 amide bonds. The standard InChI is InChI=1S/C50H75N3O9/c1-4-7-20-38(49(51)60)29-45(56)41(25-8-5-2)52-47(58)27-26-43(54)48(59)37(17-6-3)28-46(57)42-30-39(62-33-34-18-11-9-12-19-34)32-53(42)50(61)40(35-21-13-10-14-22-35)31-44(55)36-23-15-16-24-36/h9,11-12,18-19,35-42H,4-8,10,13-17,20-33H2,1-3H3,(H2,51,60)(H,52,58)/t37?,38?,39-,40?,41?,42+/m1/s1. The topological polar surface area (TPSA) is 187 Å². The molecule has 6 atom stereocenters. The second kappa shape index (κ2) is 26.5. The predicted octanol–water partition coefficient (Wildman–Crippen LogP) is 7.74. The lowest BCUT2D eigenvalue weighted by Gasteiger charge is -2.34. The molecular weight excluding hydrogens is 787 g/mol. The third kappa shape index (κ3) is 15.6. The number of benzene rings is 1. The molecular formula is C50H75N3O9. The van der Waals surface area contributed by atoms with Crippen molar-refractivity contribution in [2.24, 2.45) is 35.3 Å². The molecule has 0 aromatic heterocycles. The van der Waals surface area contributed by atoms with Gasteiger partial charge in [0, 0.05) is 68.7 Å². The summed E-state index contributed by atoms with van der Waals surface area (Å²) in [5, 5.41) is 2.74. The van der Waals surface area contributed by atoms with Gasteiger partial charge in [0.1, 0.15) is 5.78 Å². The minimum Gasteiger partial charge on any atom is -0.372 e. The highest BCUT2D eigenvalue weighted by molar-refractivity contribution is 6.38. The van der Waals surface area contributed by atoms with E-state index < -0.39 is 59.3 Å². The van der Waals surface area contributed by atoms with Gasteiger partial charge in [0.15, 0.2) is 17.3 Å². The Morgan fingerprint density at radius 1 is 0.742 bits per heavy atom. The van der Waals surface area contributed by atoms with E-state index in [0.717, 1.165) is 82.6 Å². The molecule has 1 heterocycles. The molecule has 12 heteroatoms. The summed E-state index contributed by atoms with van der Waals surface area (Å²) < 4.78 is 6.32. The molecule has 62 heavy (non-hydrogen) atoms. The summed E-state index contributed by atoms with van der Waals surface area (Å²) in [5.74, 6) is -5.22. The van der Waals surface area contributed by atoms with E-state index in [0.29, 0.717) is 32.3 Å². The third-order valence-corrected chi connectivity index (χ3v) is 13.6. The zero-order valence-corrected chi connectivity index (χ0v) is 37.9. The first kappa shape index (κ1) is 50.6. The molecule has 3 fully saturated rings. The van der Waals surface area contributed by atoms with Gasteiger partial charge in [-0.1, -0.05) is 115 Å². The number of carbonyl (C=O) groups is 8. The van der Waals surface area contributed by atoms with Crippen LogP contribution in [0.4, 0.5) is 0 Å². The quantitative estimate of drug-likeness (QED) is 0.0760. The molecule has 2 saturated carbocycles. The largest absolute Gasteiger partial charge is 0.372 e. The van der Waals surface area contributed by atoms with Crippen LogP contribution >= 0.6 is 0 Å². The maximum atomic E-state index is 14.8. The zero-order valence-electron chi connectivity index (χ0n) is 37.9. The van der Waals surface area contributed by atoms with E-state index in [1.54, 1.807) is 4.90 Å². The van der Waals surface area contributed by atoms with Crippen LogP contribution in [0.5, 0.6) is 0 Å². The number of ether oxygens (including phenoxy) is 1. The van der Waals surface area contributed by atoms with Gasteiger partial charge in [0.05, 0.1) is 24.8 Å². The van der Waals surface area contributed by atoms with Crippen molar-refractivity contribution in [2.45, 2.75) is 193 Å². The maximum Gasteiger partial charge on any atom is 0.227 e. The monoisotopic (exact) mass is 862 g/mol. The fourth-order valence-electron chi connectivity index (χ4n) is 9.89. The molecule has 1 aliphatic heterocycles. The predicted molar refractivity (Wildman–Crippen MR) is 237 cm³/mol. The highest BCUT2D eigenvalue weighted by atomic mass is 16.5. The van der Waals surface area contributed by atoms with E-state index in [1.165, 1.54) is 0 Å². The van der Waals surface area contributed by atoms with E-state index in [2.05, 4.69) is 5.32 Å². The highest BCUT2D eigenvalue weighted by Gasteiger charge is 2.45. The van der Waals surface area contributed by atoms with Crippen molar-refractivity contribution in [1.82, 2.24) is 10.2 Å². The molecule has 0 radical (unpaired) electrons. The summed E-state index contributed by atoms with van der Waals surface area (Å²) >= 11 is 0. The van der Waals surface area contributed by atoms with Gasteiger partial charge in [-0.3, -0.25) is 38.4 Å². The maximum absolute atomic E-state index is 14.8. The van der Waals surface area contributed by atoms with Crippen LogP contribution < -0.4 is 11.1 Å². The van der Waals surface area contributed by atoms with E-state index in [1.807, 2.05) is 51.1 Å². The van der Waals surface area contributed by atoms with Crippen LogP contribution in [-0.2, 0) is 49.7 Å². The van der Waals surface area contributed by atoms with E-state index in [9.17, 15) is 38.4 Å². The number of ketones is 5. The number of amides is 3. The number of nitrogens with one attached hydrogen (secondary N) is 1. The van der Waals surface area contributed by atoms with Crippen molar-refractivity contribution in [1.29, 1.82) is 0 Å². The fourth-order valence-corrected chi connectivity index (χ4v) is 9.89. The van der Waals surface area contributed by atoms with Crippen molar-refractivity contribution < 1.29 is 43.1 Å². The Hall–Kier alpha value is -4.06. The number of unbranched alkanes of at least 4 members (excludes halogenated alkanes) is 2. The lowest BCUT2D eigenvalue weighted by atomic mass is 9.76. The van der Waals surface area contributed by atoms with Crippen molar-refractivity contribution in [3.63, 3.8) is 0 Å².